The first-order chi connectivity index (χ1) is 12.8. The smallest absolute Gasteiger partial charge is 0.360 e. The maximum Gasteiger partial charge on any atom is 0.405 e. The highest BCUT2D eigenvalue weighted by molar-refractivity contribution is 5.91. The van der Waals surface area contributed by atoms with Gasteiger partial charge in [0.1, 0.15) is 18.0 Å². The van der Waals surface area contributed by atoms with Crippen LogP contribution in [0.2, 0.25) is 0 Å². The van der Waals surface area contributed by atoms with E-state index in [1.54, 1.807) is 24.0 Å². The van der Waals surface area contributed by atoms with Crippen molar-refractivity contribution in [3.8, 4) is 0 Å². The Morgan fingerprint density at radius 2 is 2.04 bits per heavy atom. The van der Waals surface area contributed by atoms with Crippen LogP contribution in [0.5, 0.6) is 0 Å². The highest BCUT2D eigenvalue weighted by Crippen LogP contribution is 2.28. The molecule has 10 heteroatoms. The third-order valence-electron chi connectivity index (χ3n) is 4.19. The van der Waals surface area contributed by atoms with Crippen molar-refractivity contribution in [2.45, 2.75) is 13.1 Å². The van der Waals surface area contributed by atoms with E-state index in [9.17, 15) is 13.2 Å². The van der Waals surface area contributed by atoms with Crippen LogP contribution >= 0.6 is 0 Å². The minimum Gasteiger partial charge on any atom is -0.360 e. The predicted molar refractivity (Wildman–Crippen MR) is 97.2 cm³/mol. The van der Waals surface area contributed by atoms with Crippen LogP contribution in [0.3, 0.4) is 0 Å². The molecule has 27 heavy (non-hydrogen) atoms. The van der Waals surface area contributed by atoms with E-state index in [-0.39, 0.29) is 11.8 Å². The Labute approximate surface area is 151 Å². The summed E-state index contributed by atoms with van der Waals surface area (Å²) in [7, 11) is 1.83. The number of nitrogens with one attached hydrogen (secondary N) is 3. The van der Waals surface area contributed by atoms with Gasteiger partial charge in [-0.3, -0.25) is 4.68 Å². The number of benzene rings is 1. The second-order valence-electron chi connectivity index (χ2n) is 6.23. The van der Waals surface area contributed by atoms with Crippen molar-refractivity contribution in [1.29, 1.82) is 0 Å². The van der Waals surface area contributed by atoms with Gasteiger partial charge in [-0.05, 0) is 30.7 Å². The fourth-order valence-corrected chi connectivity index (χ4v) is 2.91. The first kappa shape index (κ1) is 17.1. The second kappa shape index (κ2) is 6.15. The Kier molecular flexibility index (Phi) is 3.90. The molecule has 0 aliphatic carbocycles. The number of alkyl halides is 3. The van der Waals surface area contributed by atoms with Crippen LogP contribution in [0.15, 0.2) is 30.6 Å². The van der Waals surface area contributed by atoms with Crippen molar-refractivity contribution in [3.63, 3.8) is 0 Å². The fraction of sp³-hybridized carbons (Fsp3) is 0.235. The summed E-state index contributed by atoms with van der Waals surface area (Å²) >= 11 is 0. The number of halogens is 3. The highest BCUT2D eigenvalue weighted by Gasteiger charge is 2.27. The third kappa shape index (κ3) is 3.37. The molecule has 0 aliphatic rings. The summed E-state index contributed by atoms with van der Waals surface area (Å²) in [5.74, 6) is 0.315. The molecular formula is C17H16F3N7. The molecule has 0 radical (unpaired) electrons. The van der Waals surface area contributed by atoms with Crippen LogP contribution in [0, 0.1) is 6.92 Å². The van der Waals surface area contributed by atoms with E-state index in [1.165, 1.54) is 0 Å². The first-order valence-electron chi connectivity index (χ1n) is 8.15. The van der Waals surface area contributed by atoms with Crippen molar-refractivity contribution in [3.05, 3.63) is 36.2 Å². The Balaban J connectivity index is 1.71. The molecule has 0 saturated carbocycles. The molecule has 0 aliphatic heterocycles. The number of rotatable bonds is 4. The Bertz CT molecular complexity index is 1130. The molecule has 0 saturated heterocycles. The molecule has 0 amide bonds. The van der Waals surface area contributed by atoms with Gasteiger partial charge in [0.15, 0.2) is 0 Å². The Hall–Kier alpha value is -3.30. The number of hydrogen-bond acceptors (Lipinski definition) is 5. The zero-order chi connectivity index (χ0) is 19.2. The lowest BCUT2D eigenvalue weighted by atomic mass is 10.2. The lowest BCUT2D eigenvalue weighted by Gasteiger charge is -2.12. The van der Waals surface area contributed by atoms with Crippen LogP contribution in [-0.4, -0.2) is 37.5 Å². The van der Waals surface area contributed by atoms with Gasteiger partial charge in [-0.2, -0.15) is 28.2 Å². The lowest BCUT2D eigenvalue weighted by Crippen LogP contribution is -2.22. The van der Waals surface area contributed by atoms with Crippen molar-refractivity contribution >= 4 is 39.4 Å². The summed E-state index contributed by atoms with van der Waals surface area (Å²) in [6.07, 6.45) is -0.911. The van der Waals surface area contributed by atoms with Gasteiger partial charge in [0, 0.05) is 24.3 Å². The normalized spacial score (nSPS) is 12.0. The fourth-order valence-electron chi connectivity index (χ4n) is 2.91. The van der Waals surface area contributed by atoms with Crippen molar-refractivity contribution < 1.29 is 13.2 Å². The van der Waals surface area contributed by atoms with Gasteiger partial charge in [0.05, 0.1) is 17.1 Å². The molecule has 0 bridgehead atoms. The summed E-state index contributed by atoms with van der Waals surface area (Å²) in [6.45, 7) is 0.606. The molecule has 0 unspecified atom stereocenters. The average molecular weight is 375 g/mol. The molecule has 3 aromatic heterocycles. The number of H-pyrrole nitrogens is 1. The van der Waals surface area contributed by atoms with Crippen molar-refractivity contribution in [2.24, 2.45) is 7.05 Å². The topological polar surface area (TPSA) is 83.5 Å². The molecule has 4 rings (SSSR count). The summed E-state index contributed by atoms with van der Waals surface area (Å²) in [4.78, 5) is 11.6. The zero-order valence-electron chi connectivity index (χ0n) is 14.5. The molecule has 0 fully saturated rings. The number of aromatic nitrogens is 5. The van der Waals surface area contributed by atoms with E-state index in [4.69, 9.17) is 0 Å². The van der Waals surface area contributed by atoms with Crippen molar-refractivity contribution in [1.82, 2.24) is 24.7 Å². The van der Waals surface area contributed by atoms with Crippen LogP contribution in [0.4, 0.5) is 30.6 Å². The highest BCUT2D eigenvalue weighted by atomic mass is 19.4. The van der Waals surface area contributed by atoms with E-state index in [0.29, 0.717) is 16.7 Å². The molecule has 1 aromatic carbocycles. The Morgan fingerprint density at radius 1 is 1.22 bits per heavy atom. The van der Waals surface area contributed by atoms with Gasteiger partial charge in [0.2, 0.25) is 5.95 Å². The third-order valence-corrected chi connectivity index (χ3v) is 4.19. The molecule has 4 aromatic rings. The number of aryl methyl sites for hydroxylation is 2. The minimum atomic E-state index is -4.35. The first-order valence-corrected chi connectivity index (χ1v) is 8.15. The van der Waals surface area contributed by atoms with Gasteiger partial charge in [-0.15, -0.1) is 0 Å². The zero-order valence-corrected chi connectivity index (χ0v) is 14.5. The molecule has 3 N–H and O–H groups in total. The molecule has 0 spiro atoms. The maximum absolute atomic E-state index is 12.6. The molecule has 140 valence electrons. The number of hydrogen-bond donors (Lipinski definition) is 3. The largest absolute Gasteiger partial charge is 0.405 e. The molecule has 7 nitrogen and oxygen atoms in total. The van der Waals surface area contributed by atoms with Crippen LogP contribution < -0.4 is 10.6 Å². The predicted octanol–water partition coefficient (Wildman–Crippen LogP) is 3.87. The van der Waals surface area contributed by atoms with Gasteiger partial charge < -0.3 is 15.6 Å². The number of nitrogens with zero attached hydrogens (tertiary/aromatic N) is 4. The van der Waals surface area contributed by atoms with Crippen LogP contribution in [0.25, 0.3) is 21.9 Å². The van der Waals surface area contributed by atoms with E-state index in [0.717, 1.165) is 16.5 Å². The van der Waals surface area contributed by atoms with Gasteiger partial charge >= 0.3 is 6.18 Å². The van der Waals surface area contributed by atoms with Crippen molar-refractivity contribution in [2.75, 3.05) is 17.2 Å². The van der Waals surface area contributed by atoms with E-state index in [2.05, 4.69) is 30.7 Å². The number of aromatic amines is 1. The minimum absolute atomic E-state index is 0.125. The summed E-state index contributed by atoms with van der Waals surface area (Å²) in [6, 6.07) is 5.60. The summed E-state index contributed by atoms with van der Waals surface area (Å²) in [5, 5.41) is 11.1. The van der Waals surface area contributed by atoms with E-state index < -0.39 is 12.7 Å². The van der Waals surface area contributed by atoms with Gasteiger partial charge in [-0.1, -0.05) is 0 Å². The van der Waals surface area contributed by atoms with Crippen LogP contribution in [-0.2, 0) is 7.05 Å². The summed E-state index contributed by atoms with van der Waals surface area (Å²) in [5.41, 5.74) is 2.83. The monoisotopic (exact) mass is 375 g/mol. The molecule has 0 atom stereocenters. The SMILES string of the molecule is Cc1c[nH]c2nc(Nc3ccc4cnn(C)c4c3)nc(NCC(F)(F)F)c12. The molecular weight excluding hydrogens is 359 g/mol. The average Bonchev–Trinajstić information content (AvgIpc) is 3.16. The van der Waals surface area contributed by atoms with Gasteiger partial charge in [-0.25, -0.2) is 0 Å². The quantitative estimate of drug-likeness (QED) is 0.504. The number of anilines is 3. The Morgan fingerprint density at radius 3 is 2.81 bits per heavy atom. The molecule has 3 heterocycles. The lowest BCUT2D eigenvalue weighted by molar-refractivity contribution is -0.115. The second-order valence-corrected chi connectivity index (χ2v) is 6.23. The maximum atomic E-state index is 12.6. The number of fused-ring (bicyclic) bond motifs is 2. The van der Waals surface area contributed by atoms with Crippen LogP contribution in [0.1, 0.15) is 5.56 Å². The van der Waals surface area contributed by atoms with E-state index >= 15 is 0 Å². The van der Waals surface area contributed by atoms with Gasteiger partial charge in [0.25, 0.3) is 0 Å². The summed E-state index contributed by atoms with van der Waals surface area (Å²) < 4.78 is 39.6. The standard InChI is InChI=1S/C17H16F3N7/c1-9-6-21-14-13(9)15(22-8-17(18,19)20)26-16(25-14)24-11-4-3-10-7-23-27(2)12(10)5-11/h3-7H,8H2,1-2H3,(H3,21,22,24,25,26). The van der Waals surface area contributed by atoms with E-state index in [1.807, 2.05) is 25.2 Å².